The van der Waals surface area contributed by atoms with Gasteiger partial charge in [0.25, 0.3) is 0 Å². The van der Waals surface area contributed by atoms with Crippen molar-refractivity contribution in [3.63, 3.8) is 0 Å². The molecule has 1 amide bonds. The van der Waals surface area contributed by atoms with E-state index in [2.05, 4.69) is 11.4 Å². The second-order valence-corrected chi connectivity index (χ2v) is 8.16. The molecule has 1 atom stereocenters. The number of amides is 1. The molecule has 5 aliphatic rings. The average Bonchev–Trinajstić information content (AvgIpc) is 2.99. The quantitative estimate of drug-likeness (QED) is 0.589. The summed E-state index contributed by atoms with van der Waals surface area (Å²) in [5.74, 6) is 2.02. The van der Waals surface area contributed by atoms with Crippen LogP contribution >= 0.6 is 0 Å². The molecule has 6 nitrogen and oxygen atoms in total. The third-order valence-corrected chi connectivity index (χ3v) is 6.66. The maximum Gasteiger partial charge on any atom is 0.245 e. The Balaban J connectivity index is 1.50. The fraction of sp³-hybridized carbons (Fsp3) is 0.882. The molecule has 5 fully saturated rings. The predicted octanol–water partition coefficient (Wildman–Crippen LogP) is 2.45. The molecule has 4 saturated carbocycles. The van der Waals surface area contributed by atoms with Gasteiger partial charge in [-0.05, 0) is 69.1 Å². The number of nitrogens with zero attached hydrogens (tertiary/aromatic N) is 4. The SMILES string of the molecule is N#C[C@@H]1CCCN1C(=O)CN(N=O)C12CC3CC(CC(C3)C1)C2. The first kappa shape index (κ1) is 14.9. The second-order valence-electron chi connectivity index (χ2n) is 8.16. The minimum atomic E-state index is -0.327. The van der Waals surface area contributed by atoms with Gasteiger partial charge in [-0.25, -0.2) is 5.01 Å². The Morgan fingerprint density at radius 3 is 2.35 bits per heavy atom. The van der Waals surface area contributed by atoms with Gasteiger partial charge in [0.2, 0.25) is 5.91 Å². The maximum atomic E-state index is 12.6. The van der Waals surface area contributed by atoms with Crippen LogP contribution in [0.25, 0.3) is 0 Å². The molecule has 4 aliphatic carbocycles. The molecule has 1 saturated heterocycles. The molecule has 0 spiro atoms. The molecule has 0 unspecified atom stereocenters. The summed E-state index contributed by atoms with van der Waals surface area (Å²) in [5.41, 5.74) is -0.186. The molecule has 0 aromatic heterocycles. The summed E-state index contributed by atoms with van der Waals surface area (Å²) in [5, 5.41) is 14.0. The van der Waals surface area contributed by atoms with E-state index in [1.807, 2.05) is 0 Å². The van der Waals surface area contributed by atoms with Crippen LogP contribution in [-0.2, 0) is 4.79 Å². The minimum Gasteiger partial charge on any atom is -0.325 e. The molecular weight excluding hydrogens is 292 g/mol. The first-order valence-electron chi connectivity index (χ1n) is 8.93. The van der Waals surface area contributed by atoms with E-state index in [-0.39, 0.29) is 24.0 Å². The van der Waals surface area contributed by atoms with Gasteiger partial charge >= 0.3 is 0 Å². The largest absolute Gasteiger partial charge is 0.325 e. The van der Waals surface area contributed by atoms with E-state index in [1.165, 1.54) is 19.3 Å². The van der Waals surface area contributed by atoms with Crippen molar-refractivity contribution in [2.75, 3.05) is 13.1 Å². The van der Waals surface area contributed by atoms with Crippen LogP contribution in [0.2, 0.25) is 0 Å². The number of nitroso groups, excluding NO2 is 1. The van der Waals surface area contributed by atoms with Crippen LogP contribution in [0.3, 0.4) is 0 Å². The van der Waals surface area contributed by atoms with Crippen molar-refractivity contribution < 1.29 is 4.79 Å². The minimum absolute atomic E-state index is 0.0494. The third-order valence-electron chi connectivity index (χ3n) is 6.66. The highest BCUT2D eigenvalue weighted by Crippen LogP contribution is 2.57. The highest BCUT2D eigenvalue weighted by molar-refractivity contribution is 5.79. The molecule has 6 heteroatoms. The Morgan fingerprint density at radius 1 is 1.22 bits per heavy atom. The topological polar surface area (TPSA) is 76.8 Å². The molecule has 1 aliphatic heterocycles. The lowest BCUT2D eigenvalue weighted by molar-refractivity contribution is -0.140. The number of hydrogen-bond acceptors (Lipinski definition) is 4. The number of nitriles is 1. The van der Waals surface area contributed by atoms with E-state index >= 15 is 0 Å². The van der Waals surface area contributed by atoms with Gasteiger partial charge in [0, 0.05) is 6.54 Å². The van der Waals surface area contributed by atoms with Gasteiger partial charge in [-0.3, -0.25) is 4.79 Å². The lowest BCUT2D eigenvalue weighted by atomic mass is 9.53. The van der Waals surface area contributed by atoms with Gasteiger partial charge in [-0.15, -0.1) is 4.91 Å². The van der Waals surface area contributed by atoms with E-state index < -0.39 is 0 Å². The number of carbonyl (C=O) groups is 1. The highest BCUT2D eigenvalue weighted by atomic mass is 16.3. The third kappa shape index (κ3) is 2.41. The fourth-order valence-corrected chi connectivity index (χ4v) is 6.08. The molecule has 4 bridgehead atoms. The average molecular weight is 316 g/mol. The Bertz CT molecular complexity index is 520. The Morgan fingerprint density at radius 2 is 1.83 bits per heavy atom. The Hall–Kier alpha value is -1.64. The van der Waals surface area contributed by atoms with Gasteiger partial charge in [0.1, 0.15) is 12.6 Å². The summed E-state index contributed by atoms with van der Waals surface area (Å²) in [6.07, 6.45) is 8.54. The van der Waals surface area contributed by atoms with E-state index in [4.69, 9.17) is 5.26 Å². The normalized spacial score (nSPS) is 40.9. The van der Waals surface area contributed by atoms with Crippen molar-refractivity contribution in [2.24, 2.45) is 23.0 Å². The summed E-state index contributed by atoms with van der Waals surface area (Å²) in [4.78, 5) is 25.8. The molecule has 23 heavy (non-hydrogen) atoms. The second kappa shape index (κ2) is 5.47. The van der Waals surface area contributed by atoms with Crippen molar-refractivity contribution in [3.8, 4) is 6.07 Å². The number of rotatable bonds is 4. The van der Waals surface area contributed by atoms with Crippen molar-refractivity contribution in [1.29, 1.82) is 5.26 Å². The summed E-state index contributed by atoms with van der Waals surface area (Å²) >= 11 is 0. The summed E-state index contributed by atoms with van der Waals surface area (Å²) in [7, 11) is 0. The van der Waals surface area contributed by atoms with Crippen LogP contribution in [0, 0.1) is 34.0 Å². The van der Waals surface area contributed by atoms with E-state index in [0.29, 0.717) is 24.3 Å². The number of carbonyl (C=O) groups excluding carboxylic acids is 1. The molecular formula is C17H24N4O2. The van der Waals surface area contributed by atoms with Crippen molar-refractivity contribution in [1.82, 2.24) is 9.91 Å². The van der Waals surface area contributed by atoms with Crippen LogP contribution in [0.1, 0.15) is 51.4 Å². The number of likely N-dealkylation sites (tertiary alicyclic amines) is 1. The molecule has 0 N–H and O–H groups in total. The smallest absolute Gasteiger partial charge is 0.245 e. The van der Waals surface area contributed by atoms with Crippen molar-refractivity contribution in [3.05, 3.63) is 4.91 Å². The highest BCUT2D eigenvalue weighted by Gasteiger charge is 2.54. The fourth-order valence-electron chi connectivity index (χ4n) is 6.08. The number of hydrogen-bond donors (Lipinski definition) is 0. The molecule has 5 rings (SSSR count). The zero-order valence-corrected chi connectivity index (χ0v) is 13.5. The molecule has 124 valence electrons. The van der Waals surface area contributed by atoms with E-state index in [9.17, 15) is 9.70 Å². The Labute approximate surface area is 136 Å². The van der Waals surface area contributed by atoms with Crippen LogP contribution in [0.15, 0.2) is 5.29 Å². The molecule has 1 heterocycles. The van der Waals surface area contributed by atoms with Crippen LogP contribution in [0.5, 0.6) is 0 Å². The summed E-state index contributed by atoms with van der Waals surface area (Å²) in [6.45, 7) is 0.679. The van der Waals surface area contributed by atoms with Gasteiger partial charge in [0.15, 0.2) is 0 Å². The lowest BCUT2D eigenvalue weighted by Crippen LogP contribution is -2.60. The van der Waals surface area contributed by atoms with E-state index in [0.717, 1.165) is 32.1 Å². The lowest BCUT2D eigenvalue weighted by Gasteiger charge is -2.58. The van der Waals surface area contributed by atoms with Crippen molar-refractivity contribution >= 4 is 5.91 Å². The van der Waals surface area contributed by atoms with Crippen molar-refractivity contribution in [2.45, 2.75) is 62.9 Å². The first-order chi connectivity index (χ1) is 11.1. The molecule has 0 radical (unpaired) electrons. The van der Waals surface area contributed by atoms with Gasteiger partial charge in [0.05, 0.1) is 16.9 Å². The zero-order chi connectivity index (χ0) is 16.0. The molecule has 0 aromatic rings. The summed E-state index contributed by atoms with van der Waals surface area (Å²) in [6, 6.07) is 1.87. The Kier molecular flexibility index (Phi) is 3.55. The van der Waals surface area contributed by atoms with Crippen LogP contribution in [0.4, 0.5) is 0 Å². The summed E-state index contributed by atoms with van der Waals surface area (Å²) < 4.78 is 0. The zero-order valence-electron chi connectivity index (χ0n) is 13.5. The van der Waals surface area contributed by atoms with Crippen LogP contribution < -0.4 is 0 Å². The standard InChI is InChI=1S/C17H24N4O2/c18-10-15-2-1-3-20(15)16(22)11-21(19-23)17-7-12-4-13(8-17)6-14(5-12)9-17/h12-15H,1-9,11H2/t12?,13?,14?,15-,17?/m0/s1. The van der Waals surface area contributed by atoms with Gasteiger partial charge in [-0.1, -0.05) is 0 Å². The van der Waals surface area contributed by atoms with Gasteiger partial charge < -0.3 is 4.90 Å². The maximum absolute atomic E-state index is 12.6. The van der Waals surface area contributed by atoms with Crippen LogP contribution in [-0.4, -0.2) is 40.5 Å². The first-order valence-corrected chi connectivity index (χ1v) is 8.93. The molecule has 0 aromatic carbocycles. The van der Waals surface area contributed by atoms with Gasteiger partial charge in [-0.2, -0.15) is 5.26 Å². The predicted molar refractivity (Wildman–Crippen MR) is 83.8 cm³/mol. The van der Waals surface area contributed by atoms with E-state index in [1.54, 1.807) is 9.91 Å². The monoisotopic (exact) mass is 316 g/mol.